The summed E-state index contributed by atoms with van der Waals surface area (Å²) in [7, 11) is 0. The molecular formula is C16H26N2O2. The molecule has 2 aliphatic rings. The van der Waals surface area contributed by atoms with Gasteiger partial charge in [0.25, 0.3) is 0 Å². The maximum Gasteiger partial charge on any atom is 0.246 e. The zero-order valence-corrected chi connectivity index (χ0v) is 13.0. The third-order valence-electron chi connectivity index (χ3n) is 4.42. The van der Waals surface area contributed by atoms with E-state index in [-0.39, 0.29) is 29.8 Å². The van der Waals surface area contributed by atoms with Gasteiger partial charge in [0, 0.05) is 6.54 Å². The Labute approximate surface area is 121 Å². The van der Waals surface area contributed by atoms with Crippen LogP contribution >= 0.6 is 0 Å². The Morgan fingerprint density at radius 3 is 2.55 bits per heavy atom. The van der Waals surface area contributed by atoms with E-state index in [0.29, 0.717) is 12.5 Å². The number of carbonyl (C=O) groups is 2. The van der Waals surface area contributed by atoms with Crippen LogP contribution in [-0.2, 0) is 9.59 Å². The first-order valence-corrected chi connectivity index (χ1v) is 7.70. The molecule has 1 saturated heterocycles. The van der Waals surface area contributed by atoms with E-state index in [9.17, 15) is 9.59 Å². The van der Waals surface area contributed by atoms with Crippen LogP contribution in [0.1, 0.15) is 47.0 Å². The lowest BCUT2D eigenvalue weighted by Gasteiger charge is -2.41. The highest BCUT2D eigenvalue weighted by Crippen LogP contribution is 2.35. The van der Waals surface area contributed by atoms with Crippen molar-refractivity contribution in [1.82, 2.24) is 10.2 Å². The van der Waals surface area contributed by atoms with Crippen LogP contribution in [0.5, 0.6) is 0 Å². The first-order chi connectivity index (χ1) is 9.45. The van der Waals surface area contributed by atoms with E-state index >= 15 is 0 Å². The molecule has 1 saturated carbocycles. The molecular weight excluding hydrogens is 252 g/mol. The van der Waals surface area contributed by atoms with Gasteiger partial charge in [-0.2, -0.15) is 0 Å². The Morgan fingerprint density at radius 2 is 2.05 bits per heavy atom. The van der Waals surface area contributed by atoms with Crippen LogP contribution in [0.25, 0.3) is 0 Å². The van der Waals surface area contributed by atoms with E-state index in [2.05, 4.69) is 12.2 Å². The van der Waals surface area contributed by atoms with Crippen molar-refractivity contribution in [3.63, 3.8) is 0 Å². The molecule has 2 fully saturated rings. The summed E-state index contributed by atoms with van der Waals surface area (Å²) < 4.78 is 0. The zero-order valence-electron chi connectivity index (χ0n) is 13.0. The molecule has 0 aromatic rings. The van der Waals surface area contributed by atoms with Gasteiger partial charge in [-0.05, 0) is 38.5 Å². The molecule has 3 atom stereocenters. The molecule has 2 rings (SSSR count). The Morgan fingerprint density at radius 1 is 1.40 bits per heavy atom. The minimum Gasteiger partial charge on any atom is -0.342 e. The fraction of sp³-hybridized carbons (Fsp3) is 0.750. The average molecular weight is 278 g/mol. The molecule has 0 aromatic carbocycles. The normalized spacial score (nSPS) is 28.1. The molecule has 0 radical (unpaired) electrons. The molecule has 1 aliphatic carbocycles. The van der Waals surface area contributed by atoms with Gasteiger partial charge < -0.3 is 10.2 Å². The number of allylic oxidation sites excluding steroid dienone is 1. The average Bonchev–Trinajstić information content (AvgIpc) is 3.22. The molecule has 1 aliphatic heterocycles. The van der Waals surface area contributed by atoms with Crippen LogP contribution in [-0.4, -0.2) is 35.3 Å². The molecule has 20 heavy (non-hydrogen) atoms. The predicted octanol–water partition coefficient (Wildman–Crippen LogP) is 2.10. The third-order valence-corrected chi connectivity index (χ3v) is 4.42. The van der Waals surface area contributed by atoms with Crippen molar-refractivity contribution in [1.29, 1.82) is 0 Å². The van der Waals surface area contributed by atoms with Gasteiger partial charge in [0.05, 0.1) is 0 Å². The molecule has 1 heterocycles. The number of amides is 2. The van der Waals surface area contributed by atoms with Gasteiger partial charge in [0.2, 0.25) is 11.8 Å². The lowest BCUT2D eigenvalue weighted by Crippen LogP contribution is -2.65. The Hall–Kier alpha value is -1.32. The summed E-state index contributed by atoms with van der Waals surface area (Å²) in [5, 5.41) is 2.96. The molecule has 0 bridgehead atoms. The van der Waals surface area contributed by atoms with Gasteiger partial charge in [-0.3, -0.25) is 9.59 Å². The second kappa shape index (κ2) is 5.98. The molecule has 0 spiro atoms. The van der Waals surface area contributed by atoms with E-state index in [1.54, 1.807) is 4.90 Å². The Bertz CT molecular complexity index is 422. The topological polar surface area (TPSA) is 49.4 Å². The van der Waals surface area contributed by atoms with Crippen molar-refractivity contribution >= 4 is 11.8 Å². The second-order valence-electron chi connectivity index (χ2n) is 6.43. The van der Waals surface area contributed by atoms with E-state index < -0.39 is 0 Å². The summed E-state index contributed by atoms with van der Waals surface area (Å²) in [6.45, 7) is 8.70. The fourth-order valence-electron chi connectivity index (χ4n) is 2.78. The first-order valence-electron chi connectivity index (χ1n) is 7.70. The molecule has 0 aromatic heterocycles. The maximum atomic E-state index is 12.7. The molecule has 1 N–H and O–H groups in total. The number of nitrogens with zero attached hydrogens (tertiary/aromatic N) is 1. The fourth-order valence-corrected chi connectivity index (χ4v) is 2.78. The summed E-state index contributed by atoms with van der Waals surface area (Å²) in [6.07, 6.45) is 5.04. The van der Waals surface area contributed by atoms with Crippen molar-refractivity contribution in [2.24, 2.45) is 11.8 Å². The largest absolute Gasteiger partial charge is 0.342 e. The van der Waals surface area contributed by atoms with Crippen molar-refractivity contribution in [2.75, 3.05) is 6.54 Å². The molecule has 4 nitrogen and oxygen atoms in total. The van der Waals surface area contributed by atoms with Crippen LogP contribution in [0.4, 0.5) is 0 Å². The van der Waals surface area contributed by atoms with Crippen molar-refractivity contribution in [3.05, 3.63) is 11.6 Å². The lowest BCUT2D eigenvalue weighted by atomic mass is 9.92. The number of hydrogen-bond donors (Lipinski definition) is 1. The highest BCUT2D eigenvalue weighted by Gasteiger charge is 2.47. The van der Waals surface area contributed by atoms with E-state index in [0.717, 1.165) is 19.3 Å². The van der Waals surface area contributed by atoms with Gasteiger partial charge in [0.1, 0.15) is 12.1 Å². The van der Waals surface area contributed by atoms with Gasteiger partial charge in [-0.15, -0.1) is 0 Å². The van der Waals surface area contributed by atoms with E-state index in [1.807, 2.05) is 26.8 Å². The summed E-state index contributed by atoms with van der Waals surface area (Å²) in [6, 6.07) is -0.605. The minimum absolute atomic E-state index is 0.0259. The van der Waals surface area contributed by atoms with Crippen LogP contribution in [0.3, 0.4) is 0 Å². The number of rotatable bonds is 5. The maximum absolute atomic E-state index is 12.7. The van der Waals surface area contributed by atoms with Crippen molar-refractivity contribution in [2.45, 2.75) is 59.0 Å². The van der Waals surface area contributed by atoms with Crippen molar-refractivity contribution in [3.8, 4) is 0 Å². The van der Waals surface area contributed by atoms with Crippen LogP contribution in [0, 0.1) is 11.8 Å². The summed E-state index contributed by atoms with van der Waals surface area (Å²) in [5.74, 6) is 0.677. The molecule has 4 heteroatoms. The quantitative estimate of drug-likeness (QED) is 0.783. The third kappa shape index (κ3) is 3.05. The minimum atomic E-state index is -0.321. The molecule has 112 valence electrons. The van der Waals surface area contributed by atoms with Crippen LogP contribution in [0.15, 0.2) is 11.6 Å². The van der Waals surface area contributed by atoms with Gasteiger partial charge in [-0.25, -0.2) is 0 Å². The highest BCUT2D eigenvalue weighted by atomic mass is 16.2. The van der Waals surface area contributed by atoms with Gasteiger partial charge in [-0.1, -0.05) is 31.9 Å². The van der Waals surface area contributed by atoms with Crippen molar-refractivity contribution < 1.29 is 9.59 Å². The number of nitrogens with one attached hydrogen (secondary N) is 1. The number of carbonyl (C=O) groups excluding carboxylic acids is 2. The van der Waals surface area contributed by atoms with Gasteiger partial charge in [0.15, 0.2) is 0 Å². The molecule has 2 amide bonds. The lowest BCUT2D eigenvalue weighted by molar-refractivity contribution is -0.151. The highest BCUT2D eigenvalue weighted by molar-refractivity contribution is 5.97. The zero-order chi connectivity index (χ0) is 14.9. The van der Waals surface area contributed by atoms with Crippen LogP contribution in [0.2, 0.25) is 0 Å². The van der Waals surface area contributed by atoms with Crippen LogP contribution < -0.4 is 5.32 Å². The van der Waals surface area contributed by atoms with E-state index in [1.165, 1.54) is 5.57 Å². The summed E-state index contributed by atoms with van der Waals surface area (Å²) >= 11 is 0. The molecule has 3 unspecified atom stereocenters. The smallest absolute Gasteiger partial charge is 0.246 e. The standard InChI is InChI=1S/C16H26N2O2/c1-5-11(4)14-15(19)17-13(12-6-7-12)16(20)18(14)9-8-10(2)3/h8,11-14H,5-7,9H2,1-4H3,(H,17,19). The van der Waals surface area contributed by atoms with E-state index in [4.69, 9.17) is 0 Å². The SMILES string of the molecule is CCC(C)C1C(=O)NC(C2CC2)C(=O)N1CC=C(C)C. The summed E-state index contributed by atoms with van der Waals surface area (Å²) in [4.78, 5) is 26.9. The summed E-state index contributed by atoms with van der Waals surface area (Å²) in [5.41, 5.74) is 1.18. The predicted molar refractivity (Wildman–Crippen MR) is 79.0 cm³/mol. The second-order valence-corrected chi connectivity index (χ2v) is 6.43. The number of hydrogen-bond acceptors (Lipinski definition) is 2. The van der Waals surface area contributed by atoms with Gasteiger partial charge >= 0.3 is 0 Å². The number of piperazine rings is 1. The first kappa shape index (κ1) is 15.1. The Balaban J connectivity index is 2.22. The Kier molecular flexibility index (Phi) is 4.51. The monoisotopic (exact) mass is 278 g/mol.